The molecule has 3 aromatic heterocycles. The first-order chi connectivity index (χ1) is 12.0. The van der Waals surface area contributed by atoms with Gasteiger partial charge in [-0.15, -0.1) is 0 Å². The Morgan fingerprint density at radius 3 is 2.64 bits per heavy atom. The molecule has 0 unspecified atom stereocenters. The maximum Gasteiger partial charge on any atom is 0.224 e. The molecule has 0 saturated heterocycles. The van der Waals surface area contributed by atoms with Crippen molar-refractivity contribution in [1.29, 1.82) is 0 Å². The van der Waals surface area contributed by atoms with Crippen LogP contribution in [0.2, 0.25) is 0 Å². The molecule has 0 aliphatic carbocycles. The third-order valence-electron chi connectivity index (χ3n) is 4.15. The van der Waals surface area contributed by atoms with E-state index in [2.05, 4.69) is 21.1 Å². The average molecular weight is 334 g/mol. The number of nitrogen functional groups attached to an aromatic ring is 2. The van der Waals surface area contributed by atoms with Crippen LogP contribution in [0.4, 0.5) is 11.6 Å². The van der Waals surface area contributed by atoms with Crippen LogP contribution in [0, 0.1) is 13.8 Å². The molecular weight excluding hydrogens is 316 g/mol. The van der Waals surface area contributed by atoms with Crippen molar-refractivity contribution in [2.24, 2.45) is 0 Å². The quantitative estimate of drug-likeness (QED) is 0.558. The summed E-state index contributed by atoms with van der Waals surface area (Å²) in [5.74, 6) is 2.13. The standard InChI is InChI=1S/C18H18N6O/c1-10-7-12(4-5-14(10)19)8-13-9-21-24-16(13)22-18(20)23-17(24)15-6-3-11(2)25-15/h3-7,9H,8,19H2,1-2H3,(H2,20,22). The SMILES string of the molecule is Cc1ccc(-c2nc(N)nc3c(Cc4ccc(N)c(C)c4)cnn23)o1. The number of anilines is 2. The Hall–Kier alpha value is -3.35. The molecular formula is C18H18N6O. The molecule has 7 heteroatoms. The number of hydrogen-bond donors (Lipinski definition) is 2. The molecule has 0 atom stereocenters. The van der Waals surface area contributed by atoms with Gasteiger partial charge in [0.15, 0.2) is 11.4 Å². The van der Waals surface area contributed by atoms with E-state index in [1.807, 2.05) is 38.1 Å². The minimum atomic E-state index is 0.187. The number of aryl methyl sites for hydroxylation is 2. The molecule has 0 aliphatic rings. The average Bonchev–Trinajstić information content (AvgIpc) is 3.17. The zero-order chi connectivity index (χ0) is 17.6. The smallest absolute Gasteiger partial charge is 0.224 e. The van der Waals surface area contributed by atoms with Gasteiger partial charge < -0.3 is 15.9 Å². The summed E-state index contributed by atoms with van der Waals surface area (Å²) < 4.78 is 7.33. The molecule has 4 aromatic rings. The summed E-state index contributed by atoms with van der Waals surface area (Å²) in [6.45, 7) is 3.87. The molecule has 0 aliphatic heterocycles. The number of rotatable bonds is 3. The molecule has 1 aromatic carbocycles. The number of benzene rings is 1. The van der Waals surface area contributed by atoms with Crippen molar-refractivity contribution in [3.8, 4) is 11.6 Å². The van der Waals surface area contributed by atoms with Crippen LogP contribution in [-0.2, 0) is 6.42 Å². The first kappa shape index (κ1) is 15.2. The Kier molecular flexibility index (Phi) is 3.42. The van der Waals surface area contributed by atoms with Crippen LogP contribution < -0.4 is 11.5 Å². The monoisotopic (exact) mass is 334 g/mol. The second-order valence-corrected chi connectivity index (χ2v) is 6.09. The van der Waals surface area contributed by atoms with Gasteiger partial charge in [-0.2, -0.15) is 19.6 Å². The van der Waals surface area contributed by atoms with Gasteiger partial charge in [-0.25, -0.2) is 0 Å². The van der Waals surface area contributed by atoms with E-state index in [0.29, 0.717) is 23.7 Å². The summed E-state index contributed by atoms with van der Waals surface area (Å²) in [5, 5.41) is 4.43. The molecule has 126 valence electrons. The second kappa shape index (κ2) is 5.62. The molecule has 25 heavy (non-hydrogen) atoms. The van der Waals surface area contributed by atoms with Crippen molar-refractivity contribution < 1.29 is 4.42 Å². The predicted molar refractivity (Wildman–Crippen MR) is 96.0 cm³/mol. The lowest BCUT2D eigenvalue weighted by Crippen LogP contribution is -2.05. The van der Waals surface area contributed by atoms with Crippen LogP contribution in [0.25, 0.3) is 17.2 Å². The van der Waals surface area contributed by atoms with Crippen LogP contribution >= 0.6 is 0 Å². The third-order valence-corrected chi connectivity index (χ3v) is 4.15. The van der Waals surface area contributed by atoms with Crippen LogP contribution in [0.1, 0.15) is 22.5 Å². The summed E-state index contributed by atoms with van der Waals surface area (Å²) in [6.07, 6.45) is 2.46. The minimum absolute atomic E-state index is 0.187. The van der Waals surface area contributed by atoms with Gasteiger partial charge in [0, 0.05) is 17.7 Å². The molecule has 0 bridgehead atoms. The topological polar surface area (TPSA) is 108 Å². The molecule has 0 radical (unpaired) electrons. The van der Waals surface area contributed by atoms with Crippen molar-refractivity contribution in [2.45, 2.75) is 20.3 Å². The van der Waals surface area contributed by atoms with E-state index >= 15 is 0 Å². The van der Waals surface area contributed by atoms with E-state index < -0.39 is 0 Å². The van der Waals surface area contributed by atoms with E-state index in [9.17, 15) is 0 Å². The highest BCUT2D eigenvalue weighted by molar-refractivity contribution is 5.59. The summed E-state index contributed by atoms with van der Waals surface area (Å²) in [7, 11) is 0. The van der Waals surface area contributed by atoms with Crippen molar-refractivity contribution >= 4 is 17.3 Å². The normalized spacial score (nSPS) is 11.3. The number of hydrogen-bond acceptors (Lipinski definition) is 6. The van der Waals surface area contributed by atoms with Crippen molar-refractivity contribution in [3.63, 3.8) is 0 Å². The summed E-state index contributed by atoms with van der Waals surface area (Å²) in [5.41, 5.74) is 16.4. The Bertz CT molecular complexity index is 1080. The molecule has 4 rings (SSSR count). The highest BCUT2D eigenvalue weighted by Gasteiger charge is 2.16. The van der Waals surface area contributed by atoms with Crippen LogP contribution in [0.5, 0.6) is 0 Å². The third kappa shape index (κ3) is 2.69. The molecule has 4 N–H and O–H groups in total. The zero-order valence-corrected chi connectivity index (χ0v) is 14.0. The van der Waals surface area contributed by atoms with Crippen LogP contribution in [-0.4, -0.2) is 19.6 Å². The van der Waals surface area contributed by atoms with Crippen molar-refractivity contribution in [1.82, 2.24) is 19.6 Å². The fraction of sp³-hybridized carbons (Fsp3) is 0.167. The number of nitrogens with two attached hydrogens (primary N) is 2. The molecule has 0 amide bonds. The van der Waals surface area contributed by atoms with Gasteiger partial charge in [0.2, 0.25) is 11.8 Å². The second-order valence-electron chi connectivity index (χ2n) is 6.09. The summed E-state index contributed by atoms with van der Waals surface area (Å²) in [4.78, 5) is 8.65. The first-order valence-corrected chi connectivity index (χ1v) is 7.93. The Labute approximate surface area is 144 Å². The molecule has 7 nitrogen and oxygen atoms in total. The predicted octanol–water partition coefficient (Wildman–Crippen LogP) is 2.76. The van der Waals surface area contributed by atoms with E-state index in [1.165, 1.54) is 0 Å². The number of aromatic nitrogens is 4. The maximum absolute atomic E-state index is 5.91. The first-order valence-electron chi connectivity index (χ1n) is 7.93. The molecule has 0 saturated carbocycles. The molecule has 0 spiro atoms. The lowest BCUT2D eigenvalue weighted by molar-refractivity contribution is 0.541. The Morgan fingerprint density at radius 1 is 1.08 bits per heavy atom. The van der Waals surface area contributed by atoms with Gasteiger partial charge in [0.1, 0.15) is 5.76 Å². The Morgan fingerprint density at radius 2 is 1.92 bits per heavy atom. The van der Waals surface area contributed by atoms with E-state index in [4.69, 9.17) is 15.9 Å². The summed E-state index contributed by atoms with van der Waals surface area (Å²) in [6, 6.07) is 9.71. The summed E-state index contributed by atoms with van der Waals surface area (Å²) >= 11 is 0. The fourth-order valence-electron chi connectivity index (χ4n) is 2.85. The Balaban J connectivity index is 1.81. The zero-order valence-electron chi connectivity index (χ0n) is 14.0. The maximum atomic E-state index is 5.91. The van der Waals surface area contributed by atoms with Gasteiger partial charge in [-0.05, 0) is 43.2 Å². The number of nitrogens with zero attached hydrogens (tertiary/aromatic N) is 4. The van der Waals surface area contributed by atoms with Crippen LogP contribution in [0.3, 0.4) is 0 Å². The van der Waals surface area contributed by atoms with Gasteiger partial charge in [0.05, 0.1) is 6.20 Å². The largest absolute Gasteiger partial charge is 0.458 e. The van der Waals surface area contributed by atoms with Crippen LogP contribution in [0.15, 0.2) is 40.9 Å². The van der Waals surface area contributed by atoms with Crippen molar-refractivity contribution in [2.75, 3.05) is 11.5 Å². The number of furan rings is 1. The highest BCUT2D eigenvalue weighted by Crippen LogP contribution is 2.24. The lowest BCUT2D eigenvalue weighted by Gasteiger charge is -2.05. The highest BCUT2D eigenvalue weighted by atomic mass is 16.3. The fourth-order valence-corrected chi connectivity index (χ4v) is 2.85. The van der Waals surface area contributed by atoms with Gasteiger partial charge in [0.25, 0.3) is 0 Å². The minimum Gasteiger partial charge on any atom is -0.458 e. The molecule has 0 fully saturated rings. The van der Waals surface area contributed by atoms with E-state index in [0.717, 1.165) is 28.1 Å². The molecule has 3 heterocycles. The van der Waals surface area contributed by atoms with Crippen molar-refractivity contribution in [3.05, 3.63) is 59.0 Å². The van der Waals surface area contributed by atoms with Gasteiger partial charge in [-0.3, -0.25) is 0 Å². The van der Waals surface area contributed by atoms with E-state index in [-0.39, 0.29) is 5.95 Å². The van der Waals surface area contributed by atoms with Gasteiger partial charge >= 0.3 is 0 Å². The van der Waals surface area contributed by atoms with E-state index in [1.54, 1.807) is 10.7 Å². The lowest BCUT2D eigenvalue weighted by atomic mass is 10.0. The van der Waals surface area contributed by atoms with Gasteiger partial charge in [-0.1, -0.05) is 12.1 Å². The number of fused-ring (bicyclic) bond motifs is 1.